The van der Waals surface area contributed by atoms with Gasteiger partial charge in [0.25, 0.3) is 0 Å². The molecule has 2 aromatic carbocycles. The van der Waals surface area contributed by atoms with Crippen molar-refractivity contribution in [2.75, 3.05) is 18.5 Å². The van der Waals surface area contributed by atoms with Crippen LogP contribution >= 0.6 is 12.2 Å². The zero-order valence-electron chi connectivity index (χ0n) is 12.0. The van der Waals surface area contributed by atoms with Crippen molar-refractivity contribution >= 4 is 33.7 Å². The predicted molar refractivity (Wildman–Crippen MR) is 91.9 cm³/mol. The van der Waals surface area contributed by atoms with Gasteiger partial charge in [-0.05, 0) is 36.8 Å². The van der Waals surface area contributed by atoms with E-state index in [0.717, 1.165) is 41.6 Å². The van der Waals surface area contributed by atoms with Crippen LogP contribution < -0.4 is 11.1 Å². The fourth-order valence-corrected chi connectivity index (χ4v) is 3.04. The molecule has 21 heavy (non-hydrogen) atoms. The van der Waals surface area contributed by atoms with Gasteiger partial charge in [0.2, 0.25) is 0 Å². The maximum Gasteiger partial charge on any atom is 0.104 e. The second-order valence-electron chi connectivity index (χ2n) is 5.44. The minimum Gasteiger partial charge on any atom is -0.389 e. The normalized spacial score (nSPS) is 18.6. The molecule has 1 aliphatic rings. The molecule has 3 nitrogen and oxygen atoms in total. The van der Waals surface area contributed by atoms with E-state index >= 15 is 0 Å². The van der Waals surface area contributed by atoms with Crippen LogP contribution in [0.25, 0.3) is 10.8 Å². The molecule has 2 aromatic rings. The molecule has 110 valence electrons. The number of nitrogens with two attached hydrogens (primary N) is 1. The summed E-state index contributed by atoms with van der Waals surface area (Å²) in [6.07, 6.45) is 3.89. The third kappa shape index (κ3) is 3.17. The summed E-state index contributed by atoms with van der Waals surface area (Å²) >= 11 is 5.14. The number of rotatable bonds is 4. The van der Waals surface area contributed by atoms with E-state index in [4.69, 9.17) is 22.7 Å². The highest BCUT2D eigenvalue weighted by atomic mass is 32.1. The van der Waals surface area contributed by atoms with Crippen molar-refractivity contribution in [3.8, 4) is 0 Å². The van der Waals surface area contributed by atoms with E-state index in [1.807, 2.05) is 18.2 Å². The van der Waals surface area contributed by atoms with Gasteiger partial charge in [0, 0.05) is 29.8 Å². The minimum absolute atomic E-state index is 0.313. The molecule has 0 bridgehead atoms. The van der Waals surface area contributed by atoms with Gasteiger partial charge in [-0.1, -0.05) is 36.5 Å². The van der Waals surface area contributed by atoms with Gasteiger partial charge in [0.15, 0.2) is 0 Å². The minimum atomic E-state index is 0.313. The second-order valence-corrected chi connectivity index (χ2v) is 5.88. The van der Waals surface area contributed by atoms with Gasteiger partial charge >= 0.3 is 0 Å². The van der Waals surface area contributed by atoms with Crippen LogP contribution in [0.1, 0.15) is 24.8 Å². The Morgan fingerprint density at radius 1 is 1.19 bits per heavy atom. The summed E-state index contributed by atoms with van der Waals surface area (Å²) in [4.78, 5) is 0.438. The summed E-state index contributed by atoms with van der Waals surface area (Å²) < 4.78 is 5.77. The van der Waals surface area contributed by atoms with Gasteiger partial charge < -0.3 is 15.8 Å². The van der Waals surface area contributed by atoms with Crippen LogP contribution in [0, 0.1) is 0 Å². The fraction of sp³-hybridized carbons (Fsp3) is 0.353. The number of nitrogens with one attached hydrogen (secondary N) is 1. The lowest BCUT2D eigenvalue weighted by atomic mass is 10.0. The molecule has 1 saturated heterocycles. The first-order valence-electron chi connectivity index (χ1n) is 7.43. The van der Waals surface area contributed by atoms with Crippen LogP contribution in [0.5, 0.6) is 0 Å². The Hall–Kier alpha value is -1.65. The number of ether oxygens (including phenoxy) is 1. The molecule has 1 unspecified atom stereocenters. The SMILES string of the molecule is NC(=S)c1ccc(NCC2CCCCO2)c2ccccc12. The number of hydrogen-bond donors (Lipinski definition) is 2. The van der Waals surface area contributed by atoms with E-state index in [9.17, 15) is 0 Å². The van der Waals surface area contributed by atoms with E-state index < -0.39 is 0 Å². The Morgan fingerprint density at radius 2 is 2.00 bits per heavy atom. The van der Waals surface area contributed by atoms with Gasteiger partial charge in [-0.2, -0.15) is 0 Å². The van der Waals surface area contributed by atoms with E-state index in [1.165, 1.54) is 12.8 Å². The lowest BCUT2D eigenvalue weighted by Crippen LogP contribution is -2.27. The zero-order valence-corrected chi connectivity index (χ0v) is 12.8. The molecular formula is C17H20N2OS. The van der Waals surface area contributed by atoms with Crippen molar-refractivity contribution in [3.05, 3.63) is 42.0 Å². The van der Waals surface area contributed by atoms with Crippen LogP contribution in [-0.4, -0.2) is 24.2 Å². The molecule has 1 fully saturated rings. The summed E-state index contributed by atoms with van der Waals surface area (Å²) in [6, 6.07) is 12.3. The summed E-state index contributed by atoms with van der Waals surface area (Å²) in [6.45, 7) is 1.73. The van der Waals surface area contributed by atoms with Crippen LogP contribution in [0.4, 0.5) is 5.69 Å². The highest BCUT2D eigenvalue weighted by Crippen LogP contribution is 2.27. The third-order valence-electron chi connectivity index (χ3n) is 3.98. The van der Waals surface area contributed by atoms with E-state index in [0.29, 0.717) is 11.1 Å². The van der Waals surface area contributed by atoms with Gasteiger partial charge in [-0.25, -0.2) is 0 Å². The summed E-state index contributed by atoms with van der Waals surface area (Å²) in [5, 5.41) is 5.76. The summed E-state index contributed by atoms with van der Waals surface area (Å²) in [7, 11) is 0. The molecule has 3 rings (SSSR count). The van der Waals surface area contributed by atoms with Crippen molar-refractivity contribution in [3.63, 3.8) is 0 Å². The Morgan fingerprint density at radius 3 is 2.71 bits per heavy atom. The van der Waals surface area contributed by atoms with Crippen LogP contribution in [0.2, 0.25) is 0 Å². The molecule has 0 aliphatic carbocycles. The zero-order chi connectivity index (χ0) is 14.7. The first-order chi connectivity index (χ1) is 10.3. The number of fused-ring (bicyclic) bond motifs is 1. The van der Waals surface area contributed by atoms with Crippen molar-refractivity contribution in [2.45, 2.75) is 25.4 Å². The molecule has 0 amide bonds. The number of benzene rings is 2. The highest BCUT2D eigenvalue weighted by molar-refractivity contribution is 7.80. The molecule has 1 heterocycles. The van der Waals surface area contributed by atoms with Gasteiger partial charge in [0.1, 0.15) is 4.99 Å². The van der Waals surface area contributed by atoms with Crippen molar-refractivity contribution in [1.29, 1.82) is 0 Å². The van der Waals surface area contributed by atoms with E-state index in [-0.39, 0.29) is 0 Å². The maximum absolute atomic E-state index is 5.81. The fourth-order valence-electron chi connectivity index (χ4n) is 2.86. The van der Waals surface area contributed by atoms with Gasteiger partial charge in [-0.15, -0.1) is 0 Å². The Labute approximate surface area is 130 Å². The van der Waals surface area contributed by atoms with Crippen LogP contribution in [-0.2, 0) is 4.74 Å². The molecular weight excluding hydrogens is 280 g/mol. The second kappa shape index (κ2) is 6.41. The van der Waals surface area contributed by atoms with Crippen molar-refractivity contribution in [1.82, 2.24) is 0 Å². The number of thiocarbonyl (C=S) groups is 1. The Balaban J connectivity index is 1.85. The van der Waals surface area contributed by atoms with Gasteiger partial charge in [-0.3, -0.25) is 0 Å². The molecule has 0 spiro atoms. The largest absolute Gasteiger partial charge is 0.389 e. The lowest BCUT2D eigenvalue weighted by molar-refractivity contribution is 0.0248. The number of anilines is 1. The number of hydrogen-bond acceptors (Lipinski definition) is 3. The monoisotopic (exact) mass is 300 g/mol. The Bertz CT molecular complexity index is 650. The van der Waals surface area contributed by atoms with Crippen molar-refractivity contribution < 1.29 is 4.74 Å². The van der Waals surface area contributed by atoms with Gasteiger partial charge in [0.05, 0.1) is 6.10 Å². The molecule has 3 N–H and O–H groups in total. The Kier molecular flexibility index (Phi) is 4.36. The molecule has 1 aliphatic heterocycles. The molecule has 0 radical (unpaired) electrons. The quantitative estimate of drug-likeness (QED) is 0.849. The van der Waals surface area contributed by atoms with E-state index in [1.54, 1.807) is 0 Å². The smallest absolute Gasteiger partial charge is 0.104 e. The standard InChI is InChI=1S/C17H20N2OS/c18-17(21)15-8-9-16(14-7-2-1-6-13(14)15)19-11-12-5-3-4-10-20-12/h1-2,6-9,12,19H,3-5,10-11H2,(H2,18,21). The predicted octanol–water partition coefficient (Wildman–Crippen LogP) is 3.46. The summed E-state index contributed by atoms with van der Waals surface area (Å²) in [5.41, 5.74) is 7.85. The molecule has 1 atom stereocenters. The van der Waals surface area contributed by atoms with Crippen LogP contribution in [0.15, 0.2) is 36.4 Å². The average Bonchev–Trinajstić information content (AvgIpc) is 2.53. The molecule has 0 aromatic heterocycles. The first kappa shape index (κ1) is 14.3. The molecule has 4 heteroatoms. The lowest BCUT2D eigenvalue weighted by Gasteiger charge is -2.23. The van der Waals surface area contributed by atoms with Crippen LogP contribution in [0.3, 0.4) is 0 Å². The first-order valence-corrected chi connectivity index (χ1v) is 7.83. The van der Waals surface area contributed by atoms with Crippen molar-refractivity contribution in [2.24, 2.45) is 5.73 Å². The highest BCUT2D eigenvalue weighted by Gasteiger charge is 2.14. The molecule has 0 saturated carbocycles. The van der Waals surface area contributed by atoms with E-state index in [2.05, 4.69) is 23.5 Å². The third-order valence-corrected chi connectivity index (χ3v) is 4.20. The summed E-state index contributed by atoms with van der Waals surface area (Å²) in [5.74, 6) is 0. The average molecular weight is 300 g/mol. The maximum atomic E-state index is 5.81. The topological polar surface area (TPSA) is 47.3 Å².